The summed E-state index contributed by atoms with van der Waals surface area (Å²) in [7, 11) is 0. The van der Waals surface area contributed by atoms with E-state index in [9.17, 15) is 9.59 Å². The highest BCUT2D eigenvalue weighted by Crippen LogP contribution is 2.28. The van der Waals surface area contributed by atoms with Crippen molar-refractivity contribution >= 4 is 23.6 Å². The lowest BCUT2D eigenvalue weighted by Crippen LogP contribution is -2.49. The van der Waals surface area contributed by atoms with Crippen molar-refractivity contribution in [1.82, 2.24) is 15.5 Å². The number of para-hydroxylation sites is 1. The number of anilines is 1. The molecule has 2 aliphatic rings. The summed E-state index contributed by atoms with van der Waals surface area (Å²) >= 11 is 0. The molecule has 0 radical (unpaired) electrons. The number of aliphatic imine (C=N–C) groups is 1. The molecule has 2 heterocycles. The Morgan fingerprint density at radius 1 is 1.16 bits per heavy atom. The molecule has 0 bridgehead atoms. The Bertz CT molecular complexity index is 774. The van der Waals surface area contributed by atoms with Gasteiger partial charge in [-0.05, 0) is 51.2 Å². The van der Waals surface area contributed by atoms with Gasteiger partial charge in [-0.3, -0.25) is 9.79 Å². The zero-order chi connectivity index (χ0) is 22.1. The van der Waals surface area contributed by atoms with E-state index < -0.39 is 0 Å². The van der Waals surface area contributed by atoms with Crippen molar-refractivity contribution in [3.63, 3.8) is 0 Å². The largest absolute Gasteiger partial charge is 0.450 e. The Labute approximate surface area is 185 Å². The number of ether oxygens (including phenoxy) is 1. The van der Waals surface area contributed by atoms with Crippen molar-refractivity contribution in [2.75, 3.05) is 44.2 Å². The van der Waals surface area contributed by atoms with Gasteiger partial charge in [0.05, 0.1) is 6.61 Å². The minimum absolute atomic E-state index is 0.171. The van der Waals surface area contributed by atoms with Gasteiger partial charge in [-0.1, -0.05) is 18.2 Å². The van der Waals surface area contributed by atoms with Crippen LogP contribution in [0.4, 0.5) is 10.5 Å². The van der Waals surface area contributed by atoms with Crippen LogP contribution in [0.1, 0.15) is 45.1 Å². The van der Waals surface area contributed by atoms with Crippen LogP contribution in [0.15, 0.2) is 29.3 Å². The van der Waals surface area contributed by atoms with Crippen molar-refractivity contribution in [2.45, 2.75) is 52.0 Å². The normalized spacial score (nSPS) is 16.8. The van der Waals surface area contributed by atoms with E-state index in [1.165, 1.54) is 5.56 Å². The Morgan fingerprint density at radius 2 is 1.94 bits per heavy atom. The molecule has 8 heteroatoms. The number of amides is 2. The number of carbonyl (C=O) groups excluding carboxylic acids is 2. The molecule has 0 spiro atoms. The molecule has 31 heavy (non-hydrogen) atoms. The van der Waals surface area contributed by atoms with Gasteiger partial charge in [0.2, 0.25) is 5.91 Å². The van der Waals surface area contributed by atoms with Gasteiger partial charge in [0.25, 0.3) is 0 Å². The van der Waals surface area contributed by atoms with Gasteiger partial charge in [0, 0.05) is 50.9 Å². The van der Waals surface area contributed by atoms with E-state index in [1.54, 1.807) is 4.90 Å². The van der Waals surface area contributed by atoms with Gasteiger partial charge in [-0.25, -0.2) is 4.79 Å². The lowest BCUT2D eigenvalue weighted by Gasteiger charge is -2.32. The van der Waals surface area contributed by atoms with E-state index in [-0.39, 0.29) is 18.0 Å². The summed E-state index contributed by atoms with van der Waals surface area (Å²) in [6.45, 7) is 7.77. The number of nitrogens with zero attached hydrogens (tertiary/aromatic N) is 3. The second-order valence-electron chi connectivity index (χ2n) is 7.89. The summed E-state index contributed by atoms with van der Waals surface area (Å²) in [5.41, 5.74) is 2.31. The summed E-state index contributed by atoms with van der Waals surface area (Å²) in [5.74, 6) is 0.945. The number of nitrogens with one attached hydrogen (secondary N) is 2. The molecular weight excluding hydrogens is 394 g/mol. The molecule has 170 valence electrons. The van der Waals surface area contributed by atoms with E-state index >= 15 is 0 Å². The number of benzene rings is 1. The minimum atomic E-state index is -0.230. The SMILES string of the molecule is CCNC(=NCCCC(=O)N1CCc2ccccc21)NC1CCN(C(=O)OCC)CC1. The molecule has 1 fully saturated rings. The molecule has 0 saturated carbocycles. The Hall–Kier alpha value is -2.77. The smallest absolute Gasteiger partial charge is 0.409 e. The summed E-state index contributed by atoms with van der Waals surface area (Å²) < 4.78 is 5.08. The van der Waals surface area contributed by atoms with Crippen molar-refractivity contribution in [3.05, 3.63) is 29.8 Å². The van der Waals surface area contributed by atoms with Crippen LogP contribution in [0.25, 0.3) is 0 Å². The van der Waals surface area contributed by atoms with Gasteiger partial charge in [-0.2, -0.15) is 0 Å². The number of piperidine rings is 1. The third-order valence-corrected chi connectivity index (χ3v) is 5.71. The van der Waals surface area contributed by atoms with Crippen molar-refractivity contribution in [2.24, 2.45) is 4.99 Å². The molecule has 1 aromatic rings. The number of hydrogen-bond acceptors (Lipinski definition) is 4. The summed E-state index contributed by atoms with van der Waals surface area (Å²) in [6, 6.07) is 8.40. The fourth-order valence-corrected chi connectivity index (χ4v) is 4.09. The molecule has 8 nitrogen and oxygen atoms in total. The Balaban J connectivity index is 1.42. The zero-order valence-electron chi connectivity index (χ0n) is 18.7. The van der Waals surface area contributed by atoms with Gasteiger partial charge in [-0.15, -0.1) is 0 Å². The predicted molar refractivity (Wildman–Crippen MR) is 122 cm³/mol. The van der Waals surface area contributed by atoms with Crippen LogP contribution < -0.4 is 15.5 Å². The number of guanidine groups is 1. The minimum Gasteiger partial charge on any atom is -0.450 e. The Morgan fingerprint density at radius 3 is 2.68 bits per heavy atom. The molecule has 2 aliphatic heterocycles. The highest BCUT2D eigenvalue weighted by atomic mass is 16.6. The van der Waals surface area contributed by atoms with E-state index in [2.05, 4.69) is 21.7 Å². The van der Waals surface area contributed by atoms with Crippen LogP contribution in [-0.4, -0.2) is 68.2 Å². The molecule has 0 atom stereocenters. The van der Waals surface area contributed by atoms with Gasteiger partial charge < -0.3 is 25.2 Å². The predicted octanol–water partition coefficient (Wildman–Crippen LogP) is 2.53. The van der Waals surface area contributed by atoms with Crippen molar-refractivity contribution < 1.29 is 14.3 Å². The fourth-order valence-electron chi connectivity index (χ4n) is 4.09. The molecule has 0 aliphatic carbocycles. The molecule has 2 amide bonds. The lowest BCUT2D eigenvalue weighted by molar-refractivity contribution is -0.118. The number of hydrogen-bond donors (Lipinski definition) is 2. The quantitative estimate of drug-likeness (QED) is 0.395. The van der Waals surface area contributed by atoms with Crippen LogP contribution in [0.5, 0.6) is 0 Å². The van der Waals surface area contributed by atoms with Crippen LogP contribution in [0.2, 0.25) is 0 Å². The monoisotopic (exact) mass is 429 g/mol. The van der Waals surface area contributed by atoms with E-state index in [4.69, 9.17) is 4.74 Å². The average Bonchev–Trinajstić information content (AvgIpc) is 3.21. The molecular formula is C23H35N5O3. The maximum Gasteiger partial charge on any atom is 0.409 e. The highest BCUT2D eigenvalue weighted by molar-refractivity contribution is 5.95. The number of likely N-dealkylation sites (tertiary alicyclic amines) is 1. The third kappa shape index (κ3) is 6.35. The summed E-state index contributed by atoms with van der Waals surface area (Å²) in [6.07, 6.45) is 3.63. The zero-order valence-corrected chi connectivity index (χ0v) is 18.7. The first-order valence-corrected chi connectivity index (χ1v) is 11.5. The van der Waals surface area contributed by atoms with E-state index in [0.29, 0.717) is 32.7 Å². The van der Waals surface area contributed by atoms with Gasteiger partial charge in [0.15, 0.2) is 5.96 Å². The van der Waals surface area contributed by atoms with E-state index in [1.807, 2.05) is 36.9 Å². The maximum atomic E-state index is 12.6. The third-order valence-electron chi connectivity index (χ3n) is 5.71. The number of carbonyl (C=O) groups is 2. The van der Waals surface area contributed by atoms with Gasteiger partial charge in [0.1, 0.15) is 0 Å². The molecule has 0 unspecified atom stereocenters. The highest BCUT2D eigenvalue weighted by Gasteiger charge is 2.25. The van der Waals surface area contributed by atoms with Crippen LogP contribution in [-0.2, 0) is 16.0 Å². The molecule has 1 aromatic carbocycles. The first-order valence-electron chi connectivity index (χ1n) is 11.5. The Kier molecular flexibility index (Phi) is 8.55. The van der Waals surface area contributed by atoms with Gasteiger partial charge >= 0.3 is 6.09 Å². The van der Waals surface area contributed by atoms with Crippen LogP contribution in [0, 0.1) is 0 Å². The van der Waals surface area contributed by atoms with Crippen LogP contribution >= 0.6 is 0 Å². The molecule has 0 aromatic heterocycles. The van der Waals surface area contributed by atoms with Crippen molar-refractivity contribution in [3.8, 4) is 0 Å². The molecule has 1 saturated heterocycles. The summed E-state index contributed by atoms with van der Waals surface area (Å²) in [5, 5.41) is 6.75. The second kappa shape index (κ2) is 11.6. The molecule has 2 N–H and O–H groups in total. The van der Waals surface area contributed by atoms with Crippen LogP contribution in [0.3, 0.4) is 0 Å². The standard InChI is InChI=1S/C23H35N5O3/c1-3-24-22(26-19-12-15-27(16-13-19)23(30)31-4-2)25-14-7-10-21(29)28-17-11-18-8-5-6-9-20(18)28/h5-6,8-9,19H,3-4,7,10-17H2,1-2H3,(H2,24,25,26). The first-order chi connectivity index (χ1) is 15.1. The molecule has 3 rings (SSSR count). The topological polar surface area (TPSA) is 86.3 Å². The second-order valence-corrected chi connectivity index (χ2v) is 7.89. The maximum absolute atomic E-state index is 12.6. The summed E-state index contributed by atoms with van der Waals surface area (Å²) in [4.78, 5) is 32.8. The lowest BCUT2D eigenvalue weighted by atomic mass is 10.1. The van der Waals surface area contributed by atoms with Crippen molar-refractivity contribution in [1.29, 1.82) is 0 Å². The number of rotatable bonds is 7. The number of fused-ring (bicyclic) bond motifs is 1. The van der Waals surface area contributed by atoms with E-state index in [0.717, 1.165) is 50.4 Å². The fraction of sp³-hybridized carbons (Fsp3) is 0.609. The average molecular weight is 430 g/mol. The first kappa shape index (κ1) is 22.9.